The highest BCUT2D eigenvalue weighted by atomic mass is 35.5. The van der Waals surface area contributed by atoms with Crippen LogP contribution in [0.4, 0.5) is 5.82 Å². The molecule has 1 saturated heterocycles. The number of piperazine rings is 1. The first-order valence-electron chi connectivity index (χ1n) is 9.95. The van der Waals surface area contributed by atoms with Gasteiger partial charge in [0.25, 0.3) is 0 Å². The second kappa shape index (κ2) is 8.37. The van der Waals surface area contributed by atoms with E-state index in [9.17, 15) is 4.79 Å². The van der Waals surface area contributed by atoms with Crippen LogP contribution in [0.2, 0.25) is 0 Å². The predicted octanol–water partition coefficient (Wildman–Crippen LogP) is 2.90. The Hall–Kier alpha value is -2.67. The van der Waals surface area contributed by atoms with E-state index in [1.54, 1.807) is 0 Å². The lowest BCUT2D eigenvalue weighted by Gasteiger charge is -2.35. The number of hydrogen-bond acceptors (Lipinski definition) is 5. The van der Waals surface area contributed by atoms with Crippen molar-refractivity contribution in [2.75, 3.05) is 37.0 Å². The van der Waals surface area contributed by atoms with Crippen LogP contribution in [-0.2, 0) is 11.2 Å². The molecular formula is C21H25ClN6O. The molecule has 152 valence electrons. The molecule has 4 rings (SSSR count). The molecule has 0 radical (unpaired) electrons. The van der Waals surface area contributed by atoms with Gasteiger partial charge >= 0.3 is 0 Å². The average molecular weight is 413 g/mol. The minimum absolute atomic E-state index is 0.0171. The van der Waals surface area contributed by atoms with Crippen LogP contribution in [-0.4, -0.2) is 62.6 Å². The number of amides is 1. The fourth-order valence-electron chi connectivity index (χ4n) is 3.64. The van der Waals surface area contributed by atoms with Gasteiger partial charge in [-0.3, -0.25) is 4.79 Å². The highest BCUT2D eigenvalue weighted by Gasteiger charge is 2.24. The summed E-state index contributed by atoms with van der Waals surface area (Å²) in [5.74, 6) is 2.17. The Labute approximate surface area is 175 Å². The maximum absolute atomic E-state index is 11.9. The van der Waals surface area contributed by atoms with E-state index in [2.05, 4.69) is 23.8 Å². The van der Waals surface area contributed by atoms with E-state index in [1.807, 2.05) is 46.1 Å². The van der Waals surface area contributed by atoms with E-state index in [1.165, 1.54) is 0 Å². The molecule has 8 heteroatoms. The van der Waals surface area contributed by atoms with Gasteiger partial charge in [-0.15, -0.1) is 11.6 Å². The van der Waals surface area contributed by atoms with Crippen LogP contribution in [0.3, 0.4) is 0 Å². The highest BCUT2D eigenvalue weighted by Crippen LogP contribution is 2.27. The quantitative estimate of drug-likeness (QED) is 0.603. The highest BCUT2D eigenvalue weighted by molar-refractivity contribution is 6.27. The zero-order valence-corrected chi connectivity index (χ0v) is 17.5. The Balaban J connectivity index is 1.73. The van der Waals surface area contributed by atoms with Gasteiger partial charge < -0.3 is 9.80 Å². The first-order valence-corrected chi connectivity index (χ1v) is 10.5. The molecule has 1 aromatic carbocycles. The summed E-state index contributed by atoms with van der Waals surface area (Å²) in [4.78, 5) is 25.7. The molecule has 0 N–H and O–H groups in total. The third-order valence-electron chi connectivity index (χ3n) is 5.09. The fraction of sp³-hybridized carbons (Fsp3) is 0.429. The van der Waals surface area contributed by atoms with Gasteiger partial charge in [0.15, 0.2) is 5.65 Å². The summed E-state index contributed by atoms with van der Waals surface area (Å²) in [7, 11) is 0. The molecule has 1 fully saturated rings. The molecular weight excluding hydrogens is 388 g/mol. The number of nitrogens with zero attached hydrogens (tertiary/aromatic N) is 6. The normalized spacial score (nSPS) is 14.8. The molecule has 29 heavy (non-hydrogen) atoms. The molecule has 0 atom stereocenters. The second-order valence-corrected chi connectivity index (χ2v) is 7.96. The first kappa shape index (κ1) is 19.6. The smallest absolute Gasteiger partial charge is 0.237 e. The lowest BCUT2D eigenvalue weighted by molar-refractivity contribution is -0.128. The average Bonchev–Trinajstić information content (AvgIpc) is 3.17. The third-order valence-corrected chi connectivity index (χ3v) is 5.32. The van der Waals surface area contributed by atoms with Gasteiger partial charge in [-0.2, -0.15) is 5.10 Å². The number of halogens is 1. The largest absolute Gasteiger partial charge is 0.352 e. The van der Waals surface area contributed by atoms with Crippen molar-refractivity contribution >= 4 is 34.4 Å². The molecule has 1 aliphatic heterocycles. The third kappa shape index (κ3) is 4.05. The maximum Gasteiger partial charge on any atom is 0.237 e. The number of anilines is 1. The predicted molar refractivity (Wildman–Crippen MR) is 115 cm³/mol. The van der Waals surface area contributed by atoms with E-state index in [-0.39, 0.29) is 11.8 Å². The van der Waals surface area contributed by atoms with Crippen molar-refractivity contribution in [3.05, 3.63) is 42.4 Å². The standard InChI is InChI=1S/C21H25ClN6O/c1-15(2)12-18-24-20(27-10-8-26(9-11-27)19(29)13-22)17-14-23-28(21(17)25-18)16-6-4-3-5-7-16/h3-7,14-15H,8-13H2,1-2H3. The van der Waals surface area contributed by atoms with Crippen molar-refractivity contribution in [3.8, 4) is 5.69 Å². The lowest BCUT2D eigenvalue weighted by atomic mass is 10.1. The number of hydrogen-bond donors (Lipinski definition) is 0. The Morgan fingerprint density at radius 2 is 1.83 bits per heavy atom. The van der Waals surface area contributed by atoms with Crippen LogP contribution in [0.15, 0.2) is 36.5 Å². The first-order chi connectivity index (χ1) is 14.1. The lowest BCUT2D eigenvalue weighted by Crippen LogP contribution is -2.49. The second-order valence-electron chi connectivity index (χ2n) is 7.69. The van der Waals surface area contributed by atoms with Crippen LogP contribution >= 0.6 is 11.6 Å². The van der Waals surface area contributed by atoms with E-state index in [4.69, 9.17) is 21.6 Å². The molecule has 0 aliphatic carbocycles. The Morgan fingerprint density at radius 3 is 2.48 bits per heavy atom. The van der Waals surface area contributed by atoms with Crippen LogP contribution in [0.25, 0.3) is 16.7 Å². The van der Waals surface area contributed by atoms with Gasteiger partial charge in [-0.1, -0.05) is 32.0 Å². The fourth-order valence-corrected chi connectivity index (χ4v) is 3.81. The number of rotatable bonds is 5. The van der Waals surface area contributed by atoms with Crippen molar-refractivity contribution in [1.29, 1.82) is 0 Å². The number of carbonyl (C=O) groups excluding carboxylic acids is 1. The summed E-state index contributed by atoms with van der Waals surface area (Å²) in [6.45, 7) is 7.04. The van der Waals surface area contributed by atoms with Gasteiger partial charge in [0.05, 0.1) is 17.3 Å². The molecule has 0 bridgehead atoms. The molecule has 0 spiro atoms. The molecule has 2 aromatic heterocycles. The van der Waals surface area contributed by atoms with E-state index in [0.29, 0.717) is 32.1 Å². The number of para-hydroxylation sites is 1. The number of alkyl halides is 1. The molecule has 1 amide bonds. The number of carbonyl (C=O) groups is 1. The Kier molecular flexibility index (Phi) is 5.67. The summed E-state index contributed by atoms with van der Waals surface area (Å²) >= 11 is 5.71. The summed E-state index contributed by atoms with van der Waals surface area (Å²) < 4.78 is 1.87. The topological polar surface area (TPSA) is 67.2 Å². The molecule has 0 unspecified atom stereocenters. The van der Waals surface area contributed by atoms with Gasteiger partial charge in [0.2, 0.25) is 5.91 Å². The van der Waals surface area contributed by atoms with E-state index < -0.39 is 0 Å². The van der Waals surface area contributed by atoms with Crippen molar-refractivity contribution in [1.82, 2.24) is 24.6 Å². The molecule has 0 saturated carbocycles. The summed E-state index contributed by atoms with van der Waals surface area (Å²) in [6, 6.07) is 10.0. The SMILES string of the molecule is CC(C)Cc1nc(N2CCN(C(=O)CCl)CC2)c2cnn(-c3ccccc3)c2n1. The summed E-state index contributed by atoms with van der Waals surface area (Å²) in [5, 5.41) is 5.53. The molecule has 3 heterocycles. The van der Waals surface area contributed by atoms with Crippen molar-refractivity contribution in [3.63, 3.8) is 0 Å². The number of benzene rings is 1. The number of fused-ring (bicyclic) bond motifs is 1. The Morgan fingerprint density at radius 1 is 1.10 bits per heavy atom. The Bertz CT molecular complexity index is 995. The van der Waals surface area contributed by atoms with Crippen LogP contribution in [0.1, 0.15) is 19.7 Å². The summed E-state index contributed by atoms with van der Waals surface area (Å²) in [6.07, 6.45) is 2.64. The molecule has 7 nitrogen and oxygen atoms in total. The van der Waals surface area contributed by atoms with Crippen LogP contribution in [0, 0.1) is 5.92 Å². The zero-order valence-electron chi connectivity index (χ0n) is 16.8. The maximum atomic E-state index is 11.9. The van der Waals surface area contributed by atoms with E-state index in [0.717, 1.165) is 34.8 Å². The van der Waals surface area contributed by atoms with Crippen LogP contribution < -0.4 is 4.90 Å². The van der Waals surface area contributed by atoms with Crippen molar-refractivity contribution in [2.45, 2.75) is 20.3 Å². The minimum Gasteiger partial charge on any atom is -0.352 e. The van der Waals surface area contributed by atoms with Gasteiger partial charge in [0, 0.05) is 32.6 Å². The van der Waals surface area contributed by atoms with Gasteiger partial charge in [-0.25, -0.2) is 14.6 Å². The zero-order chi connectivity index (χ0) is 20.4. The number of aromatic nitrogens is 4. The van der Waals surface area contributed by atoms with Crippen LogP contribution in [0.5, 0.6) is 0 Å². The minimum atomic E-state index is -0.0171. The van der Waals surface area contributed by atoms with Crippen molar-refractivity contribution in [2.24, 2.45) is 5.92 Å². The van der Waals surface area contributed by atoms with E-state index >= 15 is 0 Å². The monoisotopic (exact) mass is 412 g/mol. The van der Waals surface area contributed by atoms with Crippen molar-refractivity contribution < 1.29 is 4.79 Å². The van der Waals surface area contributed by atoms with Gasteiger partial charge in [-0.05, 0) is 18.1 Å². The molecule has 3 aromatic rings. The van der Waals surface area contributed by atoms with Gasteiger partial charge in [0.1, 0.15) is 17.5 Å². The molecule has 1 aliphatic rings. The summed E-state index contributed by atoms with van der Waals surface area (Å²) in [5.41, 5.74) is 1.79.